The number of amides is 1. The Morgan fingerprint density at radius 1 is 1.22 bits per heavy atom. The third kappa shape index (κ3) is 6.22. The third-order valence-corrected chi connectivity index (χ3v) is 5.34. The molecule has 0 aromatic carbocycles. The van der Waals surface area contributed by atoms with E-state index in [9.17, 15) is 4.79 Å². The molecule has 1 heterocycles. The summed E-state index contributed by atoms with van der Waals surface area (Å²) < 4.78 is 0. The molecule has 3 N–H and O–H groups in total. The first kappa shape index (κ1) is 17.8. The summed E-state index contributed by atoms with van der Waals surface area (Å²) in [5, 5.41) is 9.43. The van der Waals surface area contributed by atoms with Crippen molar-refractivity contribution in [2.24, 2.45) is 4.99 Å². The van der Waals surface area contributed by atoms with E-state index in [1.165, 1.54) is 29.0 Å². The first-order chi connectivity index (χ1) is 11.2. The molecule has 0 radical (unpaired) electrons. The van der Waals surface area contributed by atoms with Crippen molar-refractivity contribution in [1.29, 1.82) is 0 Å². The van der Waals surface area contributed by atoms with Crippen molar-refractivity contribution in [3.05, 3.63) is 21.9 Å². The van der Waals surface area contributed by atoms with Crippen molar-refractivity contribution in [3.8, 4) is 0 Å². The Kier molecular flexibility index (Phi) is 7.39. The number of guanidine groups is 1. The number of nitrogens with one attached hydrogen (secondary N) is 3. The van der Waals surface area contributed by atoms with Gasteiger partial charge >= 0.3 is 0 Å². The highest BCUT2D eigenvalue weighted by atomic mass is 32.1. The Bertz CT molecular complexity index is 520. The molecule has 1 saturated carbocycles. The van der Waals surface area contributed by atoms with Crippen LogP contribution in [0.3, 0.4) is 0 Å². The zero-order chi connectivity index (χ0) is 16.5. The zero-order valence-electron chi connectivity index (χ0n) is 14.2. The van der Waals surface area contributed by atoms with E-state index < -0.39 is 0 Å². The van der Waals surface area contributed by atoms with E-state index in [2.05, 4.69) is 40.0 Å². The van der Waals surface area contributed by atoms with Gasteiger partial charge in [0, 0.05) is 22.8 Å². The number of aryl methyl sites for hydroxylation is 1. The summed E-state index contributed by atoms with van der Waals surface area (Å²) in [6.45, 7) is 3.16. The average Bonchev–Trinajstić information content (AvgIpc) is 3.04. The highest BCUT2D eigenvalue weighted by Crippen LogP contribution is 2.17. The lowest BCUT2D eigenvalue weighted by Gasteiger charge is -2.23. The summed E-state index contributed by atoms with van der Waals surface area (Å²) in [5.74, 6) is 0.708. The van der Waals surface area contributed by atoms with Crippen molar-refractivity contribution in [2.75, 3.05) is 13.6 Å². The monoisotopic (exact) mass is 336 g/mol. The minimum atomic E-state index is 0.0456. The van der Waals surface area contributed by atoms with Crippen LogP contribution in [0.15, 0.2) is 17.1 Å². The van der Waals surface area contributed by atoms with Crippen LogP contribution in [0, 0.1) is 0 Å². The van der Waals surface area contributed by atoms with Crippen molar-refractivity contribution < 1.29 is 4.79 Å². The summed E-state index contributed by atoms with van der Waals surface area (Å²) >= 11 is 1.81. The smallest absolute Gasteiger partial charge is 0.239 e. The fourth-order valence-corrected chi connectivity index (χ4v) is 3.69. The first-order valence-corrected chi connectivity index (χ1v) is 9.34. The molecule has 128 valence electrons. The lowest BCUT2D eigenvalue weighted by atomic mass is 9.95. The van der Waals surface area contributed by atoms with Crippen LogP contribution in [0.1, 0.15) is 48.8 Å². The van der Waals surface area contributed by atoms with Crippen LogP contribution in [-0.4, -0.2) is 31.5 Å². The minimum absolute atomic E-state index is 0.0456. The molecule has 1 aromatic rings. The first-order valence-electron chi connectivity index (χ1n) is 8.52. The predicted molar refractivity (Wildman–Crippen MR) is 96.9 cm³/mol. The number of thiophene rings is 1. The maximum Gasteiger partial charge on any atom is 0.239 e. The van der Waals surface area contributed by atoms with Crippen LogP contribution in [0.5, 0.6) is 0 Å². The SMILES string of the molecule is CCc1ccc(CNC(=NC)NCC(=O)NC2CCCCC2)s1. The molecule has 6 heteroatoms. The molecule has 0 atom stereocenters. The summed E-state index contributed by atoms with van der Waals surface area (Å²) in [5.41, 5.74) is 0. The number of rotatable bonds is 6. The quantitative estimate of drug-likeness (QED) is 0.552. The maximum absolute atomic E-state index is 12.0. The topological polar surface area (TPSA) is 65.5 Å². The van der Waals surface area contributed by atoms with E-state index in [1.54, 1.807) is 7.05 Å². The van der Waals surface area contributed by atoms with Gasteiger partial charge in [-0.3, -0.25) is 9.79 Å². The van der Waals surface area contributed by atoms with E-state index in [4.69, 9.17) is 0 Å². The van der Waals surface area contributed by atoms with Crippen molar-refractivity contribution in [3.63, 3.8) is 0 Å². The highest BCUT2D eigenvalue weighted by Gasteiger charge is 2.15. The molecule has 0 aliphatic heterocycles. The lowest BCUT2D eigenvalue weighted by Crippen LogP contribution is -2.45. The Hall–Kier alpha value is -1.56. The summed E-state index contributed by atoms with van der Waals surface area (Å²) in [7, 11) is 1.72. The van der Waals surface area contributed by atoms with Crippen LogP contribution in [-0.2, 0) is 17.8 Å². The van der Waals surface area contributed by atoms with E-state index in [-0.39, 0.29) is 12.5 Å². The molecule has 0 spiro atoms. The molecule has 0 bridgehead atoms. The molecule has 5 nitrogen and oxygen atoms in total. The van der Waals surface area contributed by atoms with E-state index in [1.807, 2.05) is 11.3 Å². The summed E-state index contributed by atoms with van der Waals surface area (Å²) in [6.07, 6.45) is 7.03. The molecule has 1 aromatic heterocycles. The van der Waals surface area contributed by atoms with Gasteiger partial charge in [-0.1, -0.05) is 26.2 Å². The molecule has 1 aliphatic rings. The fraction of sp³-hybridized carbons (Fsp3) is 0.647. The molecule has 0 saturated heterocycles. The Morgan fingerprint density at radius 2 is 1.96 bits per heavy atom. The molecule has 1 aliphatic carbocycles. The van der Waals surface area contributed by atoms with Gasteiger partial charge in [-0.25, -0.2) is 0 Å². The minimum Gasteiger partial charge on any atom is -0.352 e. The second-order valence-electron chi connectivity index (χ2n) is 5.90. The second-order valence-corrected chi connectivity index (χ2v) is 7.16. The number of carbonyl (C=O) groups is 1. The maximum atomic E-state index is 12.0. The zero-order valence-corrected chi connectivity index (χ0v) is 15.0. The van der Waals surface area contributed by atoms with Crippen LogP contribution in [0.4, 0.5) is 0 Å². The third-order valence-electron chi connectivity index (χ3n) is 4.11. The van der Waals surface area contributed by atoms with Gasteiger partial charge in [0.1, 0.15) is 0 Å². The molecule has 23 heavy (non-hydrogen) atoms. The van der Waals surface area contributed by atoms with E-state index >= 15 is 0 Å². The van der Waals surface area contributed by atoms with Gasteiger partial charge in [0.15, 0.2) is 5.96 Å². The van der Waals surface area contributed by atoms with Crippen LogP contribution < -0.4 is 16.0 Å². The largest absolute Gasteiger partial charge is 0.352 e. The van der Waals surface area contributed by atoms with Gasteiger partial charge in [0.2, 0.25) is 5.91 Å². The summed E-state index contributed by atoms with van der Waals surface area (Å²) in [4.78, 5) is 18.8. The Balaban J connectivity index is 1.68. The predicted octanol–water partition coefficient (Wildman–Crippen LogP) is 2.42. The number of hydrogen-bond donors (Lipinski definition) is 3. The molecular weight excluding hydrogens is 308 g/mol. The van der Waals surface area contributed by atoms with Crippen molar-refractivity contribution >= 4 is 23.2 Å². The van der Waals surface area contributed by atoms with Crippen LogP contribution in [0.2, 0.25) is 0 Å². The Labute approximate surface area is 143 Å². The van der Waals surface area contributed by atoms with Gasteiger partial charge in [0.25, 0.3) is 0 Å². The van der Waals surface area contributed by atoms with Crippen LogP contribution >= 0.6 is 11.3 Å². The van der Waals surface area contributed by atoms with Gasteiger partial charge in [-0.15, -0.1) is 11.3 Å². The number of nitrogens with zero attached hydrogens (tertiary/aromatic N) is 1. The van der Waals surface area contributed by atoms with Gasteiger partial charge in [0.05, 0.1) is 13.1 Å². The van der Waals surface area contributed by atoms with Gasteiger partial charge < -0.3 is 16.0 Å². The van der Waals surface area contributed by atoms with Crippen molar-refractivity contribution in [2.45, 2.75) is 58.0 Å². The van der Waals surface area contributed by atoms with Crippen LogP contribution in [0.25, 0.3) is 0 Å². The fourth-order valence-electron chi connectivity index (χ4n) is 2.79. The average molecular weight is 337 g/mol. The van der Waals surface area contributed by atoms with Crippen molar-refractivity contribution in [1.82, 2.24) is 16.0 Å². The number of carbonyl (C=O) groups excluding carboxylic acids is 1. The van der Waals surface area contributed by atoms with E-state index in [0.29, 0.717) is 12.0 Å². The number of hydrogen-bond acceptors (Lipinski definition) is 3. The summed E-state index contributed by atoms with van der Waals surface area (Å²) in [6, 6.07) is 4.65. The number of aliphatic imine (C=N–C) groups is 1. The van der Waals surface area contributed by atoms with E-state index in [0.717, 1.165) is 25.8 Å². The molecule has 1 fully saturated rings. The molecular formula is C17H28N4OS. The van der Waals surface area contributed by atoms with Gasteiger partial charge in [-0.2, -0.15) is 0 Å². The second kappa shape index (κ2) is 9.55. The Morgan fingerprint density at radius 3 is 2.61 bits per heavy atom. The molecule has 2 rings (SSSR count). The lowest BCUT2D eigenvalue weighted by molar-refractivity contribution is -0.120. The molecule has 1 amide bonds. The van der Waals surface area contributed by atoms with Gasteiger partial charge in [-0.05, 0) is 31.4 Å². The highest BCUT2D eigenvalue weighted by molar-refractivity contribution is 7.11. The molecule has 0 unspecified atom stereocenters. The standard InChI is InChI=1S/C17H28N4OS/c1-3-14-9-10-15(23-14)11-19-17(18-2)20-12-16(22)21-13-7-5-4-6-8-13/h9-10,13H,3-8,11-12H2,1-2H3,(H,21,22)(H2,18,19,20). The normalized spacial score (nSPS) is 16.2.